The number of aromatic amines is 1. The van der Waals surface area contributed by atoms with Crippen LogP contribution in [0.5, 0.6) is 0 Å². The van der Waals surface area contributed by atoms with Crippen LogP contribution in [0.15, 0.2) is 48.7 Å². The SMILES string of the molecule is FC(F)(F)c1ccccc1CNc1cccc2[nH]ncc12. The lowest BCUT2D eigenvalue weighted by Gasteiger charge is -2.14. The van der Waals surface area contributed by atoms with Crippen molar-refractivity contribution in [2.45, 2.75) is 12.7 Å². The smallest absolute Gasteiger partial charge is 0.380 e. The number of nitrogens with one attached hydrogen (secondary N) is 2. The van der Waals surface area contributed by atoms with Gasteiger partial charge in [0.05, 0.1) is 17.3 Å². The highest BCUT2D eigenvalue weighted by Crippen LogP contribution is 2.32. The van der Waals surface area contributed by atoms with Gasteiger partial charge in [-0.15, -0.1) is 0 Å². The average molecular weight is 291 g/mol. The summed E-state index contributed by atoms with van der Waals surface area (Å²) in [5, 5.41) is 10.6. The summed E-state index contributed by atoms with van der Waals surface area (Å²) in [5.74, 6) is 0. The number of hydrogen-bond donors (Lipinski definition) is 2. The molecule has 3 aromatic rings. The fraction of sp³-hybridized carbons (Fsp3) is 0.133. The van der Waals surface area contributed by atoms with Crippen LogP contribution in [-0.2, 0) is 12.7 Å². The topological polar surface area (TPSA) is 40.7 Å². The summed E-state index contributed by atoms with van der Waals surface area (Å²) in [7, 11) is 0. The molecule has 3 rings (SSSR count). The van der Waals surface area contributed by atoms with Crippen molar-refractivity contribution in [2.24, 2.45) is 0 Å². The molecule has 0 radical (unpaired) electrons. The first kappa shape index (κ1) is 13.5. The van der Waals surface area contributed by atoms with Gasteiger partial charge in [-0.25, -0.2) is 0 Å². The first-order valence-electron chi connectivity index (χ1n) is 6.37. The third-order valence-electron chi connectivity index (χ3n) is 3.28. The number of rotatable bonds is 3. The van der Waals surface area contributed by atoms with E-state index in [2.05, 4.69) is 15.5 Å². The largest absolute Gasteiger partial charge is 0.416 e. The summed E-state index contributed by atoms with van der Waals surface area (Å²) >= 11 is 0. The van der Waals surface area contributed by atoms with Gasteiger partial charge in [-0.2, -0.15) is 18.3 Å². The molecular formula is C15H12F3N3. The van der Waals surface area contributed by atoms with Gasteiger partial charge in [0.25, 0.3) is 0 Å². The summed E-state index contributed by atoms with van der Waals surface area (Å²) < 4.78 is 38.8. The molecule has 0 atom stereocenters. The molecule has 0 saturated carbocycles. The Labute approximate surface area is 118 Å². The second-order valence-corrected chi connectivity index (χ2v) is 4.65. The molecular weight excluding hydrogens is 279 g/mol. The fourth-order valence-electron chi connectivity index (χ4n) is 2.26. The van der Waals surface area contributed by atoms with Crippen molar-refractivity contribution in [1.82, 2.24) is 10.2 Å². The Balaban J connectivity index is 1.87. The maximum atomic E-state index is 12.9. The highest BCUT2D eigenvalue weighted by Gasteiger charge is 2.32. The lowest BCUT2D eigenvalue weighted by molar-refractivity contribution is -0.138. The van der Waals surface area contributed by atoms with Gasteiger partial charge < -0.3 is 5.32 Å². The number of anilines is 1. The molecule has 21 heavy (non-hydrogen) atoms. The molecule has 0 spiro atoms. The zero-order valence-corrected chi connectivity index (χ0v) is 10.9. The lowest BCUT2D eigenvalue weighted by atomic mass is 10.1. The van der Waals surface area contributed by atoms with Crippen LogP contribution in [0.2, 0.25) is 0 Å². The summed E-state index contributed by atoms with van der Waals surface area (Å²) in [6.45, 7) is 0.0972. The predicted molar refractivity (Wildman–Crippen MR) is 74.9 cm³/mol. The van der Waals surface area contributed by atoms with E-state index in [0.29, 0.717) is 0 Å². The Kier molecular flexibility index (Phi) is 3.29. The van der Waals surface area contributed by atoms with Crippen molar-refractivity contribution in [1.29, 1.82) is 0 Å². The maximum absolute atomic E-state index is 12.9. The number of alkyl halides is 3. The Morgan fingerprint density at radius 3 is 2.67 bits per heavy atom. The van der Waals surface area contributed by atoms with Crippen LogP contribution in [0.3, 0.4) is 0 Å². The zero-order valence-electron chi connectivity index (χ0n) is 10.9. The average Bonchev–Trinajstić information content (AvgIpc) is 2.93. The highest BCUT2D eigenvalue weighted by molar-refractivity contribution is 5.90. The molecule has 1 aromatic heterocycles. The number of halogens is 3. The van der Waals surface area contributed by atoms with Crippen LogP contribution >= 0.6 is 0 Å². The van der Waals surface area contributed by atoms with Gasteiger partial charge in [0.15, 0.2) is 0 Å². The van der Waals surface area contributed by atoms with Crippen LogP contribution in [0.4, 0.5) is 18.9 Å². The normalized spacial score (nSPS) is 11.8. The Morgan fingerprint density at radius 1 is 1.05 bits per heavy atom. The summed E-state index contributed by atoms with van der Waals surface area (Å²) in [4.78, 5) is 0. The number of aromatic nitrogens is 2. The molecule has 1 heterocycles. The lowest BCUT2D eigenvalue weighted by Crippen LogP contribution is -2.11. The van der Waals surface area contributed by atoms with Crippen molar-refractivity contribution in [3.63, 3.8) is 0 Å². The van der Waals surface area contributed by atoms with E-state index in [1.54, 1.807) is 12.3 Å². The van der Waals surface area contributed by atoms with Crippen molar-refractivity contribution in [3.8, 4) is 0 Å². The molecule has 0 aliphatic rings. The van der Waals surface area contributed by atoms with E-state index in [0.717, 1.165) is 22.7 Å². The molecule has 2 aromatic carbocycles. The van der Waals surface area contributed by atoms with Crippen molar-refractivity contribution < 1.29 is 13.2 Å². The third-order valence-corrected chi connectivity index (χ3v) is 3.28. The molecule has 0 unspecified atom stereocenters. The molecule has 2 N–H and O–H groups in total. The highest BCUT2D eigenvalue weighted by atomic mass is 19.4. The minimum Gasteiger partial charge on any atom is -0.380 e. The second-order valence-electron chi connectivity index (χ2n) is 4.65. The Hall–Kier alpha value is -2.50. The van der Waals surface area contributed by atoms with E-state index in [-0.39, 0.29) is 12.1 Å². The van der Waals surface area contributed by atoms with Gasteiger partial charge in [-0.1, -0.05) is 24.3 Å². The van der Waals surface area contributed by atoms with Crippen LogP contribution < -0.4 is 5.32 Å². The molecule has 0 bridgehead atoms. The second kappa shape index (κ2) is 5.12. The molecule has 3 nitrogen and oxygen atoms in total. The van der Waals surface area contributed by atoms with E-state index in [4.69, 9.17) is 0 Å². The first-order valence-corrected chi connectivity index (χ1v) is 6.37. The molecule has 6 heteroatoms. The fourth-order valence-corrected chi connectivity index (χ4v) is 2.26. The van der Waals surface area contributed by atoms with Gasteiger partial charge in [0.1, 0.15) is 0 Å². The van der Waals surface area contributed by atoms with Crippen LogP contribution in [-0.4, -0.2) is 10.2 Å². The third kappa shape index (κ3) is 2.69. The molecule has 108 valence electrons. The number of H-pyrrole nitrogens is 1. The van der Waals surface area contributed by atoms with Gasteiger partial charge in [-0.3, -0.25) is 5.10 Å². The zero-order chi connectivity index (χ0) is 14.9. The van der Waals surface area contributed by atoms with E-state index in [1.807, 2.05) is 18.2 Å². The van der Waals surface area contributed by atoms with Gasteiger partial charge >= 0.3 is 6.18 Å². The summed E-state index contributed by atoms with van der Waals surface area (Å²) in [6, 6.07) is 11.1. The Morgan fingerprint density at radius 2 is 1.86 bits per heavy atom. The number of nitrogens with zero attached hydrogens (tertiary/aromatic N) is 1. The first-order chi connectivity index (χ1) is 10.1. The monoisotopic (exact) mass is 291 g/mol. The van der Waals surface area contributed by atoms with Crippen molar-refractivity contribution in [3.05, 3.63) is 59.8 Å². The Bertz CT molecular complexity index is 762. The number of hydrogen-bond acceptors (Lipinski definition) is 2. The minimum absolute atomic E-state index is 0.0972. The number of benzene rings is 2. The van der Waals surface area contributed by atoms with E-state index < -0.39 is 11.7 Å². The molecule has 0 amide bonds. The molecule has 0 aliphatic heterocycles. The standard InChI is InChI=1S/C15H12F3N3/c16-15(17,18)12-5-2-1-4-10(12)8-19-13-6-3-7-14-11(13)9-20-21-14/h1-7,9,19H,8H2,(H,20,21). The predicted octanol–water partition coefficient (Wildman–Crippen LogP) is 4.19. The van der Waals surface area contributed by atoms with Gasteiger partial charge in [0, 0.05) is 17.6 Å². The maximum Gasteiger partial charge on any atom is 0.416 e. The minimum atomic E-state index is -4.35. The number of fused-ring (bicyclic) bond motifs is 1. The van der Waals surface area contributed by atoms with Crippen LogP contribution in [0, 0.1) is 0 Å². The van der Waals surface area contributed by atoms with Gasteiger partial charge in [0.2, 0.25) is 0 Å². The van der Waals surface area contributed by atoms with E-state index in [1.165, 1.54) is 12.1 Å². The van der Waals surface area contributed by atoms with Crippen LogP contribution in [0.25, 0.3) is 10.9 Å². The van der Waals surface area contributed by atoms with E-state index >= 15 is 0 Å². The van der Waals surface area contributed by atoms with Crippen molar-refractivity contribution >= 4 is 16.6 Å². The van der Waals surface area contributed by atoms with E-state index in [9.17, 15) is 13.2 Å². The molecule has 0 fully saturated rings. The quantitative estimate of drug-likeness (QED) is 0.759. The van der Waals surface area contributed by atoms with Crippen LogP contribution in [0.1, 0.15) is 11.1 Å². The molecule has 0 aliphatic carbocycles. The van der Waals surface area contributed by atoms with Crippen molar-refractivity contribution in [2.75, 3.05) is 5.32 Å². The van der Waals surface area contributed by atoms with Gasteiger partial charge in [-0.05, 0) is 23.8 Å². The summed E-state index contributed by atoms with van der Waals surface area (Å²) in [6.07, 6.45) is -2.70. The molecule has 0 saturated heterocycles. The summed E-state index contributed by atoms with van der Waals surface area (Å²) in [5.41, 5.74) is 1.18.